The van der Waals surface area contributed by atoms with Crippen molar-refractivity contribution in [3.05, 3.63) is 58.1 Å². The van der Waals surface area contributed by atoms with Crippen LogP contribution >= 0.6 is 35.0 Å². The van der Waals surface area contributed by atoms with Gasteiger partial charge in [-0.1, -0.05) is 47.5 Å². The van der Waals surface area contributed by atoms with E-state index in [9.17, 15) is 0 Å². The number of benzene rings is 2. The lowest BCUT2D eigenvalue weighted by Gasteiger charge is -2.32. The van der Waals surface area contributed by atoms with Gasteiger partial charge in [0.25, 0.3) is 0 Å². The van der Waals surface area contributed by atoms with Crippen molar-refractivity contribution in [2.75, 3.05) is 5.75 Å². The molecule has 2 aromatic rings. The van der Waals surface area contributed by atoms with Crippen molar-refractivity contribution < 1.29 is 4.74 Å². The van der Waals surface area contributed by atoms with Gasteiger partial charge in [0.15, 0.2) is 0 Å². The van der Waals surface area contributed by atoms with E-state index in [1.54, 1.807) is 17.8 Å². The summed E-state index contributed by atoms with van der Waals surface area (Å²) in [5, 5.41) is 1.02. The van der Waals surface area contributed by atoms with E-state index in [1.165, 1.54) is 0 Å². The zero-order valence-corrected chi connectivity index (χ0v) is 13.4. The van der Waals surface area contributed by atoms with Crippen molar-refractivity contribution >= 4 is 35.0 Å². The van der Waals surface area contributed by atoms with Crippen molar-refractivity contribution in [2.24, 2.45) is 5.84 Å². The van der Waals surface area contributed by atoms with E-state index in [4.69, 9.17) is 33.8 Å². The second-order valence-electron chi connectivity index (χ2n) is 4.70. The maximum absolute atomic E-state index is 6.30. The van der Waals surface area contributed by atoms with Gasteiger partial charge in [-0.25, -0.2) is 5.43 Å². The summed E-state index contributed by atoms with van der Waals surface area (Å²) in [6.45, 7) is 0. The Bertz CT molecular complexity index is 653. The van der Waals surface area contributed by atoms with Gasteiger partial charge in [-0.15, -0.1) is 11.8 Å². The number of rotatable bonds is 3. The maximum atomic E-state index is 6.30. The predicted octanol–water partition coefficient (Wildman–Crippen LogP) is 4.05. The highest BCUT2D eigenvalue weighted by molar-refractivity contribution is 7.99. The van der Waals surface area contributed by atoms with Crippen molar-refractivity contribution in [3.63, 3.8) is 0 Å². The molecule has 0 saturated heterocycles. The molecule has 0 fully saturated rings. The number of halogens is 2. The summed E-state index contributed by atoms with van der Waals surface area (Å²) in [7, 11) is 0. The first-order chi connectivity index (χ1) is 10.2. The van der Waals surface area contributed by atoms with E-state index in [0.29, 0.717) is 10.0 Å². The highest BCUT2D eigenvalue weighted by Crippen LogP contribution is 2.40. The molecule has 3 nitrogen and oxygen atoms in total. The third-order valence-corrected chi connectivity index (χ3v) is 5.38. The third kappa shape index (κ3) is 3.00. The normalized spacial score (nSPS) is 18.7. The Morgan fingerprint density at radius 1 is 1.19 bits per heavy atom. The molecule has 110 valence electrons. The van der Waals surface area contributed by atoms with Gasteiger partial charge in [0.05, 0.1) is 16.1 Å². The van der Waals surface area contributed by atoms with Gasteiger partial charge in [-0.3, -0.25) is 5.84 Å². The predicted molar refractivity (Wildman–Crippen MR) is 88.1 cm³/mol. The lowest BCUT2D eigenvalue weighted by Crippen LogP contribution is -2.42. The molecular weight excluding hydrogens is 327 g/mol. The van der Waals surface area contributed by atoms with Crippen LogP contribution in [0.15, 0.2) is 47.4 Å². The quantitative estimate of drug-likeness (QED) is 0.653. The minimum atomic E-state index is -0.225. The highest BCUT2D eigenvalue weighted by Gasteiger charge is 2.30. The first kappa shape index (κ1) is 15.0. The number of ether oxygens (including phenoxy) is 1. The average Bonchev–Trinajstić information content (AvgIpc) is 2.52. The molecule has 0 aromatic heterocycles. The van der Waals surface area contributed by atoms with Gasteiger partial charge in [-0.2, -0.15) is 0 Å². The first-order valence-electron chi connectivity index (χ1n) is 6.49. The molecule has 0 spiro atoms. The molecule has 0 amide bonds. The molecule has 1 aliphatic rings. The lowest BCUT2D eigenvalue weighted by atomic mass is 10.0. The molecule has 0 radical (unpaired) electrons. The molecule has 3 rings (SSSR count). The molecule has 1 heterocycles. The Morgan fingerprint density at radius 2 is 2.00 bits per heavy atom. The summed E-state index contributed by atoms with van der Waals surface area (Å²) < 4.78 is 6.07. The molecule has 2 aromatic carbocycles. The molecule has 3 N–H and O–H groups in total. The molecule has 0 saturated carbocycles. The number of nitrogens with one attached hydrogen (secondary N) is 1. The van der Waals surface area contributed by atoms with E-state index < -0.39 is 0 Å². The zero-order valence-electron chi connectivity index (χ0n) is 11.1. The Hall–Kier alpha value is -0.910. The summed E-state index contributed by atoms with van der Waals surface area (Å²) in [4.78, 5) is 1.14. The molecule has 2 atom stereocenters. The third-order valence-electron chi connectivity index (χ3n) is 3.40. The molecular formula is C15H14Cl2N2OS. The Labute approximate surface area is 137 Å². The topological polar surface area (TPSA) is 47.3 Å². The Morgan fingerprint density at radius 3 is 2.81 bits per heavy atom. The lowest BCUT2D eigenvalue weighted by molar-refractivity contribution is 0.167. The summed E-state index contributed by atoms with van der Waals surface area (Å²) in [5.41, 5.74) is 3.65. The minimum absolute atomic E-state index is 0.120. The fourth-order valence-corrected chi connectivity index (χ4v) is 3.82. The number of hydrazine groups is 1. The molecule has 0 aliphatic carbocycles. The highest BCUT2D eigenvalue weighted by atomic mass is 35.5. The van der Waals surface area contributed by atoms with Crippen LogP contribution in [0, 0.1) is 0 Å². The van der Waals surface area contributed by atoms with Crippen molar-refractivity contribution in [2.45, 2.75) is 17.0 Å². The maximum Gasteiger partial charge on any atom is 0.133 e. The van der Waals surface area contributed by atoms with Crippen LogP contribution < -0.4 is 16.0 Å². The molecule has 1 aliphatic heterocycles. The summed E-state index contributed by atoms with van der Waals surface area (Å²) in [6.07, 6.45) is -0.120. The van der Waals surface area contributed by atoms with Crippen LogP contribution in [0.5, 0.6) is 5.75 Å². The number of hydrogen-bond acceptors (Lipinski definition) is 4. The van der Waals surface area contributed by atoms with Gasteiger partial charge in [0, 0.05) is 10.6 Å². The summed E-state index contributed by atoms with van der Waals surface area (Å²) >= 11 is 14.1. The van der Waals surface area contributed by atoms with Gasteiger partial charge in [0.2, 0.25) is 0 Å². The van der Waals surface area contributed by atoms with Gasteiger partial charge >= 0.3 is 0 Å². The Balaban J connectivity index is 1.90. The van der Waals surface area contributed by atoms with E-state index in [2.05, 4.69) is 5.43 Å². The van der Waals surface area contributed by atoms with Crippen LogP contribution in [0.3, 0.4) is 0 Å². The van der Waals surface area contributed by atoms with E-state index >= 15 is 0 Å². The van der Waals surface area contributed by atoms with E-state index in [0.717, 1.165) is 22.0 Å². The monoisotopic (exact) mass is 340 g/mol. The number of hydrogen-bond donors (Lipinski definition) is 2. The van der Waals surface area contributed by atoms with Crippen LogP contribution in [0.2, 0.25) is 10.0 Å². The first-order valence-corrected chi connectivity index (χ1v) is 8.23. The van der Waals surface area contributed by atoms with Gasteiger partial charge < -0.3 is 4.74 Å². The molecule has 6 heteroatoms. The fourth-order valence-electron chi connectivity index (χ4n) is 2.36. The van der Waals surface area contributed by atoms with Gasteiger partial charge in [0.1, 0.15) is 11.9 Å². The van der Waals surface area contributed by atoms with Crippen molar-refractivity contribution in [1.29, 1.82) is 0 Å². The van der Waals surface area contributed by atoms with Crippen LogP contribution in [0.1, 0.15) is 11.6 Å². The van der Waals surface area contributed by atoms with E-state index in [-0.39, 0.29) is 12.1 Å². The van der Waals surface area contributed by atoms with Crippen LogP contribution in [0.25, 0.3) is 0 Å². The SMILES string of the molecule is NNC(c1cccc(Cl)c1Cl)C1CSc2ccccc2O1. The summed E-state index contributed by atoms with van der Waals surface area (Å²) in [5.74, 6) is 7.39. The van der Waals surface area contributed by atoms with E-state index in [1.807, 2.05) is 36.4 Å². The fraction of sp³-hybridized carbons (Fsp3) is 0.200. The van der Waals surface area contributed by atoms with Crippen LogP contribution in [-0.4, -0.2) is 11.9 Å². The minimum Gasteiger partial charge on any atom is -0.486 e. The van der Waals surface area contributed by atoms with Crippen molar-refractivity contribution in [1.82, 2.24) is 5.43 Å². The van der Waals surface area contributed by atoms with Crippen LogP contribution in [-0.2, 0) is 0 Å². The average molecular weight is 341 g/mol. The molecule has 0 bridgehead atoms. The number of fused-ring (bicyclic) bond motifs is 1. The summed E-state index contributed by atoms with van der Waals surface area (Å²) in [6, 6.07) is 13.3. The smallest absolute Gasteiger partial charge is 0.133 e. The molecule has 2 unspecified atom stereocenters. The largest absolute Gasteiger partial charge is 0.486 e. The standard InChI is InChI=1S/C15H14Cl2N2OS/c16-10-5-3-4-9(14(10)17)15(19-18)12-8-21-13-7-2-1-6-11(13)20-12/h1-7,12,15,19H,8,18H2. The second-order valence-corrected chi connectivity index (χ2v) is 6.55. The second kappa shape index (κ2) is 6.46. The van der Waals surface area contributed by atoms with Crippen molar-refractivity contribution in [3.8, 4) is 5.75 Å². The van der Waals surface area contributed by atoms with Gasteiger partial charge in [-0.05, 0) is 23.8 Å². The number of thioether (sulfide) groups is 1. The molecule has 21 heavy (non-hydrogen) atoms. The zero-order chi connectivity index (χ0) is 14.8. The van der Waals surface area contributed by atoms with Crippen LogP contribution in [0.4, 0.5) is 0 Å². The number of nitrogens with two attached hydrogens (primary N) is 1. The number of para-hydroxylation sites is 1. The Kier molecular flexibility index (Phi) is 4.62.